The number of pyridine rings is 1. The number of hydrogen-bond acceptors (Lipinski definition) is 4. The first-order chi connectivity index (χ1) is 14.3. The van der Waals surface area contributed by atoms with E-state index in [1.807, 2.05) is 43.3 Å². The molecule has 1 amide bonds. The van der Waals surface area contributed by atoms with Crippen molar-refractivity contribution in [3.63, 3.8) is 0 Å². The summed E-state index contributed by atoms with van der Waals surface area (Å²) in [6, 6.07) is 11.1. The lowest BCUT2D eigenvalue weighted by Crippen LogP contribution is -2.29. The fourth-order valence-electron chi connectivity index (χ4n) is 3.72. The summed E-state index contributed by atoms with van der Waals surface area (Å²) in [6.45, 7) is 4.70. The van der Waals surface area contributed by atoms with E-state index in [1.54, 1.807) is 24.7 Å². The summed E-state index contributed by atoms with van der Waals surface area (Å²) in [5.74, 6) is -0.321. The number of carbonyl (C=O) groups is 1. The molecule has 2 aromatic heterocycles. The summed E-state index contributed by atoms with van der Waals surface area (Å²) in [7, 11) is -1.95. The highest BCUT2D eigenvalue weighted by atomic mass is 32.2. The number of fused-ring (bicyclic) bond motifs is 1. The van der Waals surface area contributed by atoms with Crippen molar-refractivity contribution in [3.05, 3.63) is 71.2 Å². The molecule has 7 nitrogen and oxygen atoms in total. The second-order valence-electron chi connectivity index (χ2n) is 7.56. The van der Waals surface area contributed by atoms with E-state index in [0.717, 1.165) is 22.0 Å². The molecule has 0 saturated carbocycles. The number of aromatic nitrogens is 2. The molecule has 1 aliphatic rings. The summed E-state index contributed by atoms with van der Waals surface area (Å²) in [5, 5.41) is 3.89. The van der Waals surface area contributed by atoms with Gasteiger partial charge in [0.15, 0.2) is 0 Å². The van der Waals surface area contributed by atoms with E-state index in [2.05, 4.69) is 10.3 Å². The van der Waals surface area contributed by atoms with Gasteiger partial charge >= 0.3 is 0 Å². The van der Waals surface area contributed by atoms with E-state index in [-0.39, 0.29) is 10.8 Å². The summed E-state index contributed by atoms with van der Waals surface area (Å²) < 4.78 is 29.2. The van der Waals surface area contributed by atoms with Crippen LogP contribution in [0.4, 0.5) is 0 Å². The van der Waals surface area contributed by atoms with E-state index in [1.165, 1.54) is 10.4 Å². The molecule has 0 unspecified atom stereocenters. The van der Waals surface area contributed by atoms with Gasteiger partial charge in [-0.1, -0.05) is 29.8 Å². The zero-order valence-electron chi connectivity index (χ0n) is 17.2. The van der Waals surface area contributed by atoms with Crippen LogP contribution in [0.15, 0.2) is 59.1 Å². The molecule has 1 aromatic carbocycles. The molecule has 0 fully saturated rings. The Balaban J connectivity index is 1.57. The van der Waals surface area contributed by atoms with Crippen molar-refractivity contribution in [1.82, 2.24) is 19.2 Å². The quantitative estimate of drug-likeness (QED) is 0.639. The number of amides is 1. The monoisotopic (exact) mass is 424 g/mol. The van der Waals surface area contributed by atoms with Crippen LogP contribution in [0.5, 0.6) is 0 Å². The van der Waals surface area contributed by atoms with Crippen LogP contribution >= 0.6 is 0 Å². The minimum absolute atomic E-state index is 0.174. The van der Waals surface area contributed by atoms with E-state index in [9.17, 15) is 13.2 Å². The van der Waals surface area contributed by atoms with Crippen molar-refractivity contribution < 1.29 is 13.2 Å². The standard InChI is InChI=1S/C22H24N4O3S/c1-15-9-11-26(14-15)30(28,29)21-12-20(25(3)16(21)2)22(27)24-13-17-6-4-8-19-18(17)7-5-10-23-19/h4-10,12H,11,13-14H2,1-3H3,(H,24,27). The highest BCUT2D eigenvalue weighted by Gasteiger charge is 2.31. The van der Waals surface area contributed by atoms with E-state index < -0.39 is 10.0 Å². The normalized spacial score (nSPS) is 14.8. The molecule has 0 aliphatic carbocycles. The zero-order valence-corrected chi connectivity index (χ0v) is 18.0. The summed E-state index contributed by atoms with van der Waals surface area (Å²) >= 11 is 0. The Hall–Kier alpha value is -2.97. The average Bonchev–Trinajstić information content (AvgIpc) is 3.31. The predicted octanol–water partition coefficient (Wildman–Crippen LogP) is 2.76. The van der Waals surface area contributed by atoms with Gasteiger partial charge < -0.3 is 9.88 Å². The topological polar surface area (TPSA) is 84.3 Å². The number of nitrogens with one attached hydrogen (secondary N) is 1. The van der Waals surface area contributed by atoms with Crippen molar-refractivity contribution in [1.29, 1.82) is 0 Å². The smallest absolute Gasteiger partial charge is 0.268 e. The minimum atomic E-state index is -3.66. The van der Waals surface area contributed by atoms with Gasteiger partial charge in [0.1, 0.15) is 10.6 Å². The fraction of sp³-hybridized carbons (Fsp3) is 0.273. The Morgan fingerprint density at radius 3 is 2.73 bits per heavy atom. The van der Waals surface area contributed by atoms with Gasteiger partial charge in [-0.3, -0.25) is 9.78 Å². The Bertz CT molecular complexity index is 1270. The molecule has 1 N–H and O–H groups in total. The molecule has 0 spiro atoms. The number of nitrogens with zero attached hydrogens (tertiary/aromatic N) is 3. The van der Waals surface area contributed by atoms with Crippen molar-refractivity contribution in [2.45, 2.75) is 25.3 Å². The lowest BCUT2D eigenvalue weighted by molar-refractivity contribution is 0.0942. The number of carbonyl (C=O) groups excluding carboxylic acids is 1. The Kier molecular flexibility index (Phi) is 5.21. The second-order valence-corrected chi connectivity index (χ2v) is 9.46. The molecule has 30 heavy (non-hydrogen) atoms. The lowest BCUT2D eigenvalue weighted by atomic mass is 10.1. The van der Waals surface area contributed by atoms with Crippen LogP contribution in [-0.2, 0) is 23.6 Å². The molecule has 1 aliphatic heterocycles. The summed E-state index contributed by atoms with van der Waals surface area (Å²) in [6.07, 6.45) is 3.64. The van der Waals surface area contributed by atoms with Gasteiger partial charge in [0.2, 0.25) is 10.0 Å². The van der Waals surface area contributed by atoms with Crippen molar-refractivity contribution >= 4 is 26.8 Å². The molecule has 0 atom stereocenters. The third-order valence-corrected chi connectivity index (χ3v) is 7.51. The summed E-state index contributed by atoms with van der Waals surface area (Å²) in [5.41, 5.74) is 3.69. The highest BCUT2D eigenvalue weighted by molar-refractivity contribution is 7.89. The minimum Gasteiger partial charge on any atom is -0.347 e. The van der Waals surface area contributed by atoms with Crippen LogP contribution in [-0.4, -0.2) is 41.3 Å². The fourth-order valence-corrected chi connectivity index (χ4v) is 5.42. The van der Waals surface area contributed by atoms with Gasteiger partial charge in [-0.2, -0.15) is 4.31 Å². The van der Waals surface area contributed by atoms with Gasteiger partial charge in [0.25, 0.3) is 5.91 Å². The van der Waals surface area contributed by atoms with E-state index in [4.69, 9.17) is 0 Å². The third-order valence-electron chi connectivity index (χ3n) is 5.58. The zero-order chi connectivity index (χ0) is 21.5. The van der Waals surface area contributed by atoms with Crippen LogP contribution in [0, 0.1) is 6.92 Å². The van der Waals surface area contributed by atoms with Gasteiger partial charge in [-0.05, 0) is 37.6 Å². The maximum absolute atomic E-state index is 13.1. The maximum atomic E-state index is 13.1. The first kappa shape index (κ1) is 20.3. The third kappa shape index (κ3) is 3.53. The maximum Gasteiger partial charge on any atom is 0.268 e. The Morgan fingerprint density at radius 1 is 1.20 bits per heavy atom. The van der Waals surface area contributed by atoms with Crippen molar-refractivity contribution in [2.75, 3.05) is 13.1 Å². The Morgan fingerprint density at radius 2 is 2.00 bits per heavy atom. The van der Waals surface area contributed by atoms with Crippen LogP contribution < -0.4 is 5.32 Å². The van der Waals surface area contributed by atoms with Gasteiger partial charge in [0.05, 0.1) is 5.52 Å². The summed E-state index contributed by atoms with van der Waals surface area (Å²) in [4.78, 5) is 17.4. The van der Waals surface area contributed by atoms with Gasteiger partial charge in [-0.25, -0.2) is 8.42 Å². The van der Waals surface area contributed by atoms with Crippen LogP contribution in [0.2, 0.25) is 0 Å². The van der Waals surface area contributed by atoms with E-state index in [0.29, 0.717) is 31.0 Å². The molecule has 0 saturated heterocycles. The number of hydrogen-bond donors (Lipinski definition) is 1. The van der Waals surface area contributed by atoms with Crippen molar-refractivity contribution in [2.24, 2.45) is 7.05 Å². The highest BCUT2D eigenvalue weighted by Crippen LogP contribution is 2.26. The largest absolute Gasteiger partial charge is 0.347 e. The molecule has 4 rings (SSSR count). The Labute approximate surface area is 176 Å². The van der Waals surface area contributed by atoms with Gasteiger partial charge in [0, 0.05) is 44.0 Å². The lowest BCUT2D eigenvalue weighted by Gasteiger charge is -2.16. The second kappa shape index (κ2) is 7.70. The molecular weight excluding hydrogens is 400 g/mol. The molecule has 0 radical (unpaired) electrons. The molecule has 8 heteroatoms. The number of benzene rings is 1. The molecule has 3 heterocycles. The predicted molar refractivity (Wildman–Crippen MR) is 116 cm³/mol. The molecule has 3 aromatic rings. The first-order valence-electron chi connectivity index (χ1n) is 9.72. The first-order valence-corrected chi connectivity index (χ1v) is 11.2. The van der Waals surface area contributed by atoms with Gasteiger partial charge in [-0.15, -0.1) is 0 Å². The van der Waals surface area contributed by atoms with Crippen LogP contribution in [0.1, 0.15) is 28.7 Å². The average molecular weight is 425 g/mol. The number of rotatable bonds is 5. The molecule has 156 valence electrons. The van der Waals surface area contributed by atoms with Crippen molar-refractivity contribution in [3.8, 4) is 0 Å². The number of sulfonamides is 1. The molecular formula is C22H24N4O3S. The SMILES string of the molecule is CC1=CCN(S(=O)(=O)c2cc(C(=O)NCc3cccc4ncccc34)n(C)c2C)C1. The molecule has 0 bridgehead atoms. The van der Waals surface area contributed by atoms with E-state index >= 15 is 0 Å². The van der Waals surface area contributed by atoms with Crippen LogP contribution in [0.25, 0.3) is 10.9 Å². The van der Waals surface area contributed by atoms with Crippen LogP contribution in [0.3, 0.4) is 0 Å².